The highest BCUT2D eigenvalue weighted by Crippen LogP contribution is 2.39. The molecule has 0 aliphatic carbocycles. The standard InChI is InChI=1S/C11H18O5/c1-5-6(12)7-8(13-4)9-10(14-7)16-11(2,3)15-9/h5-10,12H,1H2,2-4H3/t6-,7-,8+,9-,10-/m1/s1. The number of ether oxygens (including phenoxy) is 4. The monoisotopic (exact) mass is 230 g/mol. The average Bonchev–Trinajstić information content (AvgIpc) is 2.68. The molecule has 2 aliphatic rings. The van der Waals surface area contributed by atoms with Gasteiger partial charge >= 0.3 is 0 Å². The maximum absolute atomic E-state index is 9.71. The topological polar surface area (TPSA) is 57.2 Å². The largest absolute Gasteiger partial charge is 0.386 e. The van der Waals surface area contributed by atoms with E-state index in [1.54, 1.807) is 7.11 Å². The molecule has 0 aromatic rings. The van der Waals surface area contributed by atoms with Gasteiger partial charge in [-0.25, -0.2) is 0 Å². The summed E-state index contributed by atoms with van der Waals surface area (Å²) in [6.07, 6.45) is -0.999. The van der Waals surface area contributed by atoms with Crippen molar-refractivity contribution in [2.24, 2.45) is 0 Å². The fraction of sp³-hybridized carbons (Fsp3) is 0.818. The van der Waals surface area contributed by atoms with Crippen molar-refractivity contribution in [1.82, 2.24) is 0 Å². The Morgan fingerprint density at radius 1 is 1.44 bits per heavy atom. The van der Waals surface area contributed by atoms with Gasteiger partial charge in [0, 0.05) is 7.11 Å². The normalized spacial score (nSPS) is 43.0. The lowest BCUT2D eigenvalue weighted by Gasteiger charge is -2.26. The zero-order valence-corrected chi connectivity index (χ0v) is 9.75. The molecule has 0 bridgehead atoms. The van der Waals surface area contributed by atoms with Crippen molar-refractivity contribution >= 4 is 0 Å². The fourth-order valence-electron chi connectivity index (χ4n) is 2.18. The smallest absolute Gasteiger partial charge is 0.190 e. The number of aliphatic hydroxyl groups is 1. The molecule has 92 valence electrons. The molecule has 5 heteroatoms. The first kappa shape index (κ1) is 12.0. The van der Waals surface area contributed by atoms with Crippen molar-refractivity contribution in [2.45, 2.75) is 50.3 Å². The van der Waals surface area contributed by atoms with E-state index in [1.165, 1.54) is 6.08 Å². The number of aliphatic hydroxyl groups excluding tert-OH is 1. The predicted molar refractivity (Wildman–Crippen MR) is 55.7 cm³/mol. The summed E-state index contributed by atoms with van der Waals surface area (Å²) in [7, 11) is 1.56. The first-order chi connectivity index (χ1) is 7.48. The Labute approximate surface area is 94.9 Å². The van der Waals surface area contributed by atoms with Gasteiger partial charge in [-0.05, 0) is 13.8 Å². The third kappa shape index (κ3) is 1.89. The summed E-state index contributed by atoms with van der Waals surface area (Å²) in [6.45, 7) is 7.17. The van der Waals surface area contributed by atoms with E-state index in [-0.39, 0.29) is 12.2 Å². The second kappa shape index (κ2) is 4.09. The van der Waals surface area contributed by atoms with E-state index in [0.717, 1.165) is 0 Å². The summed E-state index contributed by atoms with van der Waals surface area (Å²) < 4.78 is 22.1. The molecule has 0 saturated carbocycles. The zero-order valence-electron chi connectivity index (χ0n) is 9.75. The van der Waals surface area contributed by atoms with Crippen LogP contribution in [0.15, 0.2) is 12.7 Å². The molecule has 2 fully saturated rings. The van der Waals surface area contributed by atoms with Crippen LogP contribution in [0.25, 0.3) is 0 Å². The highest BCUT2D eigenvalue weighted by Gasteiger charge is 2.56. The molecule has 0 radical (unpaired) electrons. The van der Waals surface area contributed by atoms with Crippen molar-refractivity contribution in [3.05, 3.63) is 12.7 Å². The SMILES string of the molecule is C=C[C@@H](O)[C@H]1O[C@@H]2OC(C)(C)O[C@@H]2[C@H]1OC. The molecule has 0 spiro atoms. The lowest BCUT2D eigenvalue weighted by molar-refractivity contribution is -0.224. The summed E-state index contributed by atoms with van der Waals surface area (Å²) in [4.78, 5) is 0. The van der Waals surface area contributed by atoms with Crippen LogP contribution in [0.3, 0.4) is 0 Å². The molecule has 2 heterocycles. The van der Waals surface area contributed by atoms with E-state index in [1.807, 2.05) is 13.8 Å². The van der Waals surface area contributed by atoms with Crippen LogP contribution in [0.2, 0.25) is 0 Å². The summed E-state index contributed by atoms with van der Waals surface area (Å²) in [5.41, 5.74) is 0. The minimum atomic E-state index is -0.786. The molecular weight excluding hydrogens is 212 g/mol. The van der Waals surface area contributed by atoms with Gasteiger partial charge in [-0.15, -0.1) is 6.58 Å². The van der Waals surface area contributed by atoms with Gasteiger partial charge in [0.15, 0.2) is 12.1 Å². The second-order valence-corrected chi connectivity index (χ2v) is 4.50. The van der Waals surface area contributed by atoms with Gasteiger partial charge in [0.25, 0.3) is 0 Å². The van der Waals surface area contributed by atoms with Gasteiger partial charge in [0.05, 0.1) is 0 Å². The van der Waals surface area contributed by atoms with Gasteiger partial charge in [0.2, 0.25) is 0 Å². The van der Waals surface area contributed by atoms with Gasteiger partial charge < -0.3 is 24.1 Å². The van der Waals surface area contributed by atoms with Crippen LogP contribution in [0, 0.1) is 0 Å². The Morgan fingerprint density at radius 2 is 2.12 bits per heavy atom. The van der Waals surface area contributed by atoms with Gasteiger partial charge in [-0.3, -0.25) is 0 Å². The van der Waals surface area contributed by atoms with Crippen LogP contribution in [0.5, 0.6) is 0 Å². The molecule has 2 aliphatic heterocycles. The van der Waals surface area contributed by atoms with E-state index in [4.69, 9.17) is 18.9 Å². The van der Waals surface area contributed by atoms with E-state index in [2.05, 4.69) is 6.58 Å². The number of hydrogen-bond acceptors (Lipinski definition) is 5. The Hall–Kier alpha value is -0.460. The van der Waals surface area contributed by atoms with Crippen LogP contribution in [-0.2, 0) is 18.9 Å². The first-order valence-electron chi connectivity index (χ1n) is 5.33. The molecule has 0 unspecified atom stereocenters. The number of methoxy groups -OCH3 is 1. The molecule has 5 atom stereocenters. The summed E-state index contributed by atoms with van der Waals surface area (Å²) >= 11 is 0. The second-order valence-electron chi connectivity index (χ2n) is 4.50. The van der Waals surface area contributed by atoms with Gasteiger partial charge in [-0.2, -0.15) is 0 Å². The lowest BCUT2D eigenvalue weighted by Crippen LogP contribution is -2.41. The number of rotatable bonds is 3. The maximum atomic E-state index is 9.71. The van der Waals surface area contributed by atoms with Gasteiger partial charge in [-0.1, -0.05) is 6.08 Å². The third-order valence-corrected chi connectivity index (χ3v) is 2.88. The van der Waals surface area contributed by atoms with E-state index in [9.17, 15) is 5.11 Å². The van der Waals surface area contributed by atoms with Crippen LogP contribution in [-0.4, -0.2) is 48.7 Å². The molecule has 0 amide bonds. The highest BCUT2D eigenvalue weighted by atomic mass is 16.8. The average molecular weight is 230 g/mol. The Bertz CT molecular complexity index is 278. The van der Waals surface area contributed by atoms with E-state index < -0.39 is 24.3 Å². The summed E-state index contributed by atoms with van der Waals surface area (Å²) in [6, 6.07) is 0. The number of fused-ring (bicyclic) bond motifs is 1. The lowest BCUT2D eigenvalue weighted by atomic mass is 10.1. The van der Waals surface area contributed by atoms with Crippen molar-refractivity contribution < 1.29 is 24.1 Å². The molecular formula is C11H18O5. The first-order valence-corrected chi connectivity index (χ1v) is 5.33. The minimum Gasteiger partial charge on any atom is -0.386 e. The number of hydrogen-bond donors (Lipinski definition) is 1. The minimum absolute atomic E-state index is 0.306. The van der Waals surface area contributed by atoms with Crippen molar-refractivity contribution in [1.29, 1.82) is 0 Å². The Balaban J connectivity index is 2.12. The van der Waals surface area contributed by atoms with Crippen LogP contribution in [0.4, 0.5) is 0 Å². The predicted octanol–water partition coefficient (Wildman–Crippen LogP) is 0.425. The van der Waals surface area contributed by atoms with Crippen LogP contribution >= 0.6 is 0 Å². The molecule has 0 aromatic carbocycles. The van der Waals surface area contributed by atoms with Crippen molar-refractivity contribution in [2.75, 3.05) is 7.11 Å². The third-order valence-electron chi connectivity index (χ3n) is 2.88. The van der Waals surface area contributed by atoms with Crippen molar-refractivity contribution in [3.8, 4) is 0 Å². The summed E-state index contributed by atoms with van der Waals surface area (Å²) in [5, 5.41) is 9.71. The fourth-order valence-corrected chi connectivity index (χ4v) is 2.18. The Morgan fingerprint density at radius 3 is 2.69 bits per heavy atom. The quantitative estimate of drug-likeness (QED) is 0.712. The molecule has 5 nitrogen and oxygen atoms in total. The molecule has 2 saturated heterocycles. The van der Waals surface area contributed by atoms with E-state index in [0.29, 0.717) is 0 Å². The van der Waals surface area contributed by atoms with Gasteiger partial charge in [0.1, 0.15) is 24.4 Å². The summed E-state index contributed by atoms with van der Waals surface area (Å²) in [5.74, 6) is -0.670. The maximum Gasteiger partial charge on any atom is 0.190 e. The zero-order chi connectivity index (χ0) is 11.9. The highest BCUT2D eigenvalue weighted by molar-refractivity contribution is 5.00. The molecule has 0 aromatic heterocycles. The molecule has 2 rings (SSSR count). The van der Waals surface area contributed by atoms with Crippen molar-refractivity contribution in [3.63, 3.8) is 0 Å². The molecule has 16 heavy (non-hydrogen) atoms. The molecule has 1 N–H and O–H groups in total. The van der Waals surface area contributed by atoms with E-state index >= 15 is 0 Å². The van der Waals surface area contributed by atoms with Crippen LogP contribution < -0.4 is 0 Å². The Kier molecular flexibility index (Phi) is 3.07. The van der Waals surface area contributed by atoms with Crippen LogP contribution in [0.1, 0.15) is 13.8 Å².